The van der Waals surface area contributed by atoms with Gasteiger partial charge in [0, 0.05) is 48.3 Å². The topological polar surface area (TPSA) is 45.5 Å². The first-order valence-corrected chi connectivity index (χ1v) is 11.5. The number of aryl methyl sites for hydroxylation is 1. The number of aromatic nitrogens is 2. The summed E-state index contributed by atoms with van der Waals surface area (Å²) >= 11 is 14.1. The standard InChI is InChI=1S/C22H23Cl2N5S/c23-18-5-4-17(19(24)15-18)6-11-29-12-7-20(21-3-1-14-30-21)27-22(29)26-8-2-10-28-13-9-25-16-28/h1,3-5,7,9,12-16,22,26H,2,6,8,10-11H2. The highest BCUT2D eigenvalue weighted by Gasteiger charge is 2.19. The van der Waals surface area contributed by atoms with Crippen LogP contribution in [0.3, 0.4) is 0 Å². The summed E-state index contributed by atoms with van der Waals surface area (Å²) in [7, 11) is 0. The number of halogens is 2. The molecule has 0 spiro atoms. The quantitative estimate of drug-likeness (QED) is 0.454. The van der Waals surface area contributed by atoms with Gasteiger partial charge in [0.15, 0.2) is 6.29 Å². The molecule has 1 aliphatic heterocycles. The zero-order valence-corrected chi connectivity index (χ0v) is 18.7. The molecule has 4 rings (SSSR count). The van der Waals surface area contributed by atoms with Crippen molar-refractivity contribution in [2.24, 2.45) is 4.99 Å². The number of nitrogens with zero attached hydrogens (tertiary/aromatic N) is 4. The summed E-state index contributed by atoms with van der Waals surface area (Å²) < 4.78 is 2.09. The molecule has 1 aliphatic rings. The van der Waals surface area contributed by atoms with Gasteiger partial charge in [-0.2, -0.15) is 0 Å². The molecule has 1 atom stereocenters. The van der Waals surface area contributed by atoms with Crippen molar-refractivity contribution in [1.29, 1.82) is 0 Å². The van der Waals surface area contributed by atoms with Gasteiger partial charge in [-0.3, -0.25) is 5.32 Å². The molecular formula is C22H23Cl2N5S. The van der Waals surface area contributed by atoms with Crippen LogP contribution in [0.4, 0.5) is 0 Å². The number of allylic oxidation sites excluding steroid dienone is 1. The van der Waals surface area contributed by atoms with Crippen molar-refractivity contribution in [3.05, 3.63) is 87.2 Å². The predicted octanol–water partition coefficient (Wildman–Crippen LogP) is 5.08. The van der Waals surface area contributed by atoms with Gasteiger partial charge in [0.05, 0.1) is 16.9 Å². The highest BCUT2D eigenvalue weighted by Crippen LogP contribution is 2.22. The molecule has 0 radical (unpaired) electrons. The highest BCUT2D eigenvalue weighted by atomic mass is 35.5. The molecule has 1 unspecified atom stereocenters. The molecular weight excluding hydrogens is 437 g/mol. The van der Waals surface area contributed by atoms with E-state index in [-0.39, 0.29) is 6.29 Å². The van der Waals surface area contributed by atoms with Gasteiger partial charge in [0.2, 0.25) is 0 Å². The van der Waals surface area contributed by atoms with E-state index in [4.69, 9.17) is 28.2 Å². The van der Waals surface area contributed by atoms with E-state index in [0.29, 0.717) is 10.0 Å². The van der Waals surface area contributed by atoms with Crippen LogP contribution in [0.15, 0.2) is 71.7 Å². The molecule has 5 nitrogen and oxygen atoms in total. The minimum atomic E-state index is -0.110. The van der Waals surface area contributed by atoms with E-state index < -0.39 is 0 Å². The molecule has 1 aromatic carbocycles. The fourth-order valence-corrected chi connectivity index (χ4v) is 4.52. The van der Waals surface area contributed by atoms with E-state index >= 15 is 0 Å². The number of rotatable bonds is 9. The van der Waals surface area contributed by atoms with Crippen LogP contribution in [-0.2, 0) is 13.0 Å². The van der Waals surface area contributed by atoms with Gasteiger partial charge in [0.1, 0.15) is 0 Å². The lowest BCUT2D eigenvalue weighted by atomic mass is 10.1. The molecule has 1 N–H and O–H groups in total. The smallest absolute Gasteiger partial charge is 0.176 e. The van der Waals surface area contributed by atoms with Crippen molar-refractivity contribution in [3.8, 4) is 0 Å². The molecule has 0 bridgehead atoms. The normalized spacial score (nSPS) is 16.1. The fraction of sp³-hybridized carbons (Fsp3) is 0.273. The molecule has 8 heteroatoms. The SMILES string of the molecule is Clc1ccc(CCN2C=CC(c3cccs3)=NC2NCCCn2ccnc2)c(Cl)c1. The molecule has 0 fully saturated rings. The molecule has 3 heterocycles. The van der Waals surface area contributed by atoms with Gasteiger partial charge in [-0.05, 0) is 48.1 Å². The Bertz CT molecular complexity index is 999. The van der Waals surface area contributed by atoms with E-state index in [2.05, 4.69) is 49.6 Å². The summed E-state index contributed by atoms with van der Waals surface area (Å²) in [5, 5.41) is 7.03. The van der Waals surface area contributed by atoms with E-state index in [1.807, 2.05) is 24.7 Å². The van der Waals surface area contributed by atoms with Crippen LogP contribution in [0.25, 0.3) is 0 Å². The minimum absolute atomic E-state index is 0.110. The van der Waals surface area contributed by atoms with Crippen LogP contribution >= 0.6 is 34.5 Å². The summed E-state index contributed by atoms with van der Waals surface area (Å²) in [5.74, 6) is 0. The van der Waals surface area contributed by atoms with Crippen LogP contribution in [0.1, 0.15) is 16.9 Å². The summed E-state index contributed by atoms with van der Waals surface area (Å²) in [6, 6.07) is 9.83. The maximum Gasteiger partial charge on any atom is 0.176 e. The third kappa shape index (κ3) is 5.52. The molecule has 0 amide bonds. The zero-order valence-electron chi connectivity index (χ0n) is 16.4. The summed E-state index contributed by atoms with van der Waals surface area (Å²) in [4.78, 5) is 12.5. The van der Waals surface area contributed by atoms with Gasteiger partial charge in [0.25, 0.3) is 0 Å². The van der Waals surface area contributed by atoms with Crippen LogP contribution in [0.5, 0.6) is 0 Å². The lowest BCUT2D eigenvalue weighted by molar-refractivity contribution is 0.238. The number of imidazole rings is 1. The number of hydrogen-bond acceptors (Lipinski definition) is 5. The van der Waals surface area contributed by atoms with E-state index in [1.165, 1.54) is 4.88 Å². The summed E-state index contributed by atoms with van der Waals surface area (Å²) in [5.41, 5.74) is 2.10. The third-order valence-corrected chi connectivity index (χ3v) is 6.39. The van der Waals surface area contributed by atoms with Crippen LogP contribution in [-0.4, -0.2) is 39.5 Å². The van der Waals surface area contributed by atoms with Crippen molar-refractivity contribution >= 4 is 40.3 Å². The molecule has 0 saturated carbocycles. The Labute approximate surface area is 190 Å². The second-order valence-corrected chi connectivity index (χ2v) is 8.80. The van der Waals surface area contributed by atoms with E-state index in [9.17, 15) is 0 Å². The second kappa shape index (κ2) is 10.3. The van der Waals surface area contributed by atoms with Crippen molar-refractivity contribution in [1.82, 2.24) is 19.8 Å². The number of aliphatic imine (C=N–C) groups is 1. The largest absolute Gasteiger partial charge is 0.344 e. The van der Waals surface area contributed by atoms with Crippen molar-refractivity contribution in [2.75, 3.05) is 13.1 Å². The van der Waals surface area contributed by atoms with Gasteiger partial charge >= 0.3 is 0 Å². The molecule has 2 aromatic heterocycles. The second-order valence-electron chi connectivity index (χ2n) is 7.01. The summed E-state index contributed by atoms with van der Waals surface area (Å²) in [6.07, 6.45) is 11.5. The Morgan fingerprint density at radius 3 is 2.87 bits per heavy atom. The predicted molar refractivity (Wildman–Crippen MR) is 126 cm³/mol. The Balaban J connectivity index is 1.40. The Morgan fingerprint density at radius 1 is 1.17 bits per heavy atom. The van der Waals surface area contributed by atoms with E-state index in [1.54, 1.807) is 23.6 Å². The van der Waals surface area contributed by atoms with Crippen LogP contribution < -0.4 is 5.32 Å². The zero-order chi connectivity index (χ0) is 20.8. The molecule has 3 aromatic rings. The first kappa shape index (κ1) is 21.1. The number of nitrogens with one attached hydrogen (secondary N) is 1. The van der Waals surface area contributed by atoms with Crippen LogP contribution in [0.2, 0.25) is 10.0 Å². The van der Waals surface area contributed by atoms with Crippen molar-refractivity contribution in [2.45, 2.75) is 25.7 Å². The Hall–Kier alpha value is -2.12. The van der Waals surface area contributed by atoms with Crippen molar-refractivity contribution in [3.63, 3.8) is 0 Å². The number of benzene rings is 1. The molecule has 0 aliphatic carbocycles. The maximum atomic E-state index is 6.36. The average molecular weight is 460 g/mol. The van der Waals surface area contributed by atoms with Gasteiger partial charge in [-0.1, -0.05) is 35.3 Å². The molecule has 156 valence electrons. The first-order chi connectivity index (χ1) is 14.7. The minimum Gasteiger partial charge on any atom is -0.344 e. The monoisotopic (exact) mass is 459 g/mol. The Kier molecular flexibility index (Phi) is 7.23. The first-order valence-electron chi connectivity index (χ1n) is 9.88. The average Bonchev–Trinajstić information content (AvgIpc) is 3.45. The van der Waals surface area contributed by atoms with Gasteiger partial charge < -0.3 is 9.47 Å². The van der Waals surface area contributed by atoms with Gasteiger partial charge in [-0.15, -0.1) is 11.3 Å². The maximum absolute atomic E-state index is 6.36. The fourth-order valence-electron chi connectivity index (χ4n) is 3.31. The third-order valence-electron chi connectivity index (χ3n) is 4.91. The lowest BCUT2D eigenvalue weighted by Crippen LogP contribution is -2.45. The number of thiophene rings is 1. The number of hydrogen-bond donors (Lipinski definition) is 1. The molecule has 30 heavy (non-hydrogen) atoms. The van der Waals surface area contributed by atoms with E-state index in [0.717, 1.165) is 43.8 Å². The summed E-state index contributed by atoms with van der Waals surface area (Å²) in [6.45, 7) is 2.59. The van der Waals surface area contributed by atoms with Crippen molar-refractivity contribution < 1.29 is 0 Å². The van der Waals surface area contributed by atoms with Gasteiger partial charge in [-0.25, -0.2) is 9.98 Å². The lowest BCUT2D eigenvalue weighted by Gasteiger charge is -2.32. The molecule has 0 saturated heterocycles. The van der Waals surface area contributed by atoms with Crippen LogP contribution in [0, 0.1) is 0 Å². The Morgan fingerprint density at radius 2 is 2.10 bits per heavy atom. The highest BCUT2D eigenvalue weighted by molar-refractivity contribution is 7.12.